The molecule has 1 aromatic carbocycles. The van der Waals surface area contributed by atoms with Crippen LogP contribution in [0.2, 0.25) is 0 Å². The third-order valence-corrected chi connectivity index (χ3v) is 4.87. The molecule has 0 aliphatic carbocycles. The lowest BCUT2D eigenvalue weighted by Gasteiger charge is -2.20. The fourth-order valence-corrected chi connectivity index (χ4v) is 3.39. The number of hydrogen-bond acceptors (Lipinski definition) is 2. The highest BCUT2D eigenvalue weighted by Crippen LogP contribution is 2.22. The predicted molar refractivity (Wildman–Crippen MR) is 92.6 cm³/mol. The van der Waals surface area contributed by atoms with Crippen molar-refractivity contribution in [2.24, 2.45) is 0 Å². The summed E-state index contributed by atoms with van der Waals surface area (Å²) >= 11 is 0. The smallest absolute Gasteiger partial charge is 0.193 e. The first-order valence-corrected chi connectivity index (χ1v) is 8.34. The highest BCUT2D eigenvalue weighted by molar-refractivity contribution is 5.81. The molecule has 1 saturated heterocycles. The predicted octanol–water partition coefficient (Wildman–Crippen LogP) is 3.80. The normalized spacial score (nSPS) is 16.0. The number of aryl methyl sites for hydroxylation is 2. The Kier molecular flexibility index (Phi) is 4.09. The van der Waals surface area contributed by atoms with Gasteiger partial charge in [0.2, 0.25) is 0 Å². The lowest BCUT2D eigenvalue weighted by atomic mass is 10.0. The number of rotatable bonds is 3. The number of fused-ring (bicyclic) bond motifs is 1. The highest BCUT2D eigenvalue weighted by Gasteiger charge is 2.17. The second-order valence-corrected chi connectivity index (χ2v) is 6.92. The number of pyridine rings is 1. The molecule has 3 rings (SSSR count). The van der Waals surface area contributed by atoms with E-state index < -0.39 is 0 Å². The van der Waals surface area contributed by atoms with Crippen LogP contribution in [0.15, 0.2) is 23.1 Å². The van der Waals surface area contributed by atoms with Crippen LogP contribution in [-0.2, 0) is 6.54 Å². The summed E-state index contributed by atoms with van der Waals surface area (Å²) < 4.78 is 2.26. The van der Waals surface area contributed by atoms with E-state index in [-0.39, 0.29) is 5.43 Å². The van der Waals surface area contributed by atoms with Crippen LogP contribution < -0.4 is 5.43 Å². The molecule has 3 heteroatoms. The minimum Gasteiger partial charge on any atom is -0.344 e. The van der Waals surface area contributed by atoms with Crippen molar-refractivity contribution in [2.75, 3.05) is 13.1 Å². The second-order valence-electron chi connectivity index (χ2n) is 6.92. The van der Waals surface area contributed by atoms with E-state index in [2.05, 4.69) is 55.5 Å². The third kappa shape index (κ3) is 2.70. The molecule has 22 heavy (non-hydrogen) atoms. The van der Waals surface area contributed by atoms with Gasteiger partial charge in [0.1, 0.15) is 0 Å². The molecule has 0 saturated carbocycles. The van der Waals surface area contributed by atoms with Crippen LogP contribution in [0.25, 0.3) is 10.9 Å². The van der Waals surface area contributed by atoms with Crippen molar-refractivity contribution in [3.05, 3.63) is 45.2 Å². The van der Waals surface area contributed by atoms with Gasteiger partial charge in [-0.15, -0.1) is 0 Å². The summed E-state index contributed by atoms with van der Waals surface area (Å²) in [4.78, 5) is 15.3. The molecule has 118 valence electrons. The van der Waals surface area contributed by atoms with Crippen molar-refractivity contribution in [3.8, 4) is 0 Å². The highest BCUT2D eigenvalue weighted by atomic mass is 16.1. The molecule has 0 N–H and O–H groups in total. The number of likely N-dealkylation sites (tertiary alicyclic amines) is 1. The Labute approximate surface area is 132 Å². The number of benzene rings is 1. The standard InChI is InChI=1S/C19H26N2O/c1-13(2)21-12-16(11-20-7-5-6-8-20)19(22)17-9-14(3)15(4)10-18(17)21/h9-10,12-13H,5-8,11H2,1-4H3. The Morgan fingerprint density at radius 2 is 1.73 bits per heavy atom. The summed E-state index contributed by atoms with van der Waals surface area (Å²) in [6.45, 7) is 11.6. The maximum atomic E-state index is 12.9. The van der Waals surface area contributed by atoms with E-state index in [1.165, 1.54) is 24.0 Å². The zero-order chi connectivity index (χ0) is 15.9. The average molecular weight is 298 g/mol. The monoisotopic (exact) mass is 298 g/mol. The van der Waals surface area contributed by atoms with Gasteiger partial charge in [-0.1, -0.05) is 0 Å². The quantitative estimate of drug-likeness (QED) is 0.861. The zero-order valence-corrected chi connectivity index (χ0v) is 14.1. The van der Waals surface area contributed by atoms with E-state index >= 15 is 0 Å². The Morgan fingerprint density at radius 3 is 2.36 bits per heavy atom. The van der Waals surface area contributed by atoms with Crippen molar-refractivity contribution >= 4 is 10.9 Å². The molecule has 2 aromatic rings. The van der Waals surface area contributed by atoms with E-state index in [0.29, 0.717) is 6.04 Å². The molecule has 0 atom stereocenters. The topological polar surface area (TPSA) is 25.2 Å². The number of nitrogens with zero attached hydrogens (tertiary/aromatic N) is 2. The first kappa shape index (κ1) is 15.3. The van der Waals surface area contributed by atoms with Gasteiger partial charge in [-0.3, -0.25) is 9.69 Å². The summed E-state index contributed by atoms with van der Waals surface area (Å²) in [5.74, 6) is 0. The van der Waals surface area contributed by atoms with Crippen molar-refractivity contribution in [2.45, 2.75) is 53.1 Å². The fraction of sp³-hybridized carbons (Fsp3) is 0.526. The maximum absolute atomic E-state index is 12.9. The Morgan fingerprint density at radius 1 is 1.09 bits per heavy atom. The van der Waals surface area contributed by atoms with Gasteiger partial charge < -0.3 is 4.57 Å². The average Bonchev–Trinajstić information content (AvgIpc) is 2.97. The van der Waals surface area contributed by atoms with Gasteiger partial charge in [-0.25, -0.2) is 0 Å². The van der Waals surface area contributed by atoms with Gasteiger partial charge in [0, 0.05) is 29.7 Å². The molecule has 0 bridgehead atoms. The van der Waals surface area contributed by atoms with Crippen LogP contribution in [0, 0.1) is 13.8 Å². The molecule has 0 spiro atoms. The van der Waals surface area contributed by atoms with Crippen LogP contribution in [-0.4, -0.2) is 22.6 Å². The van der Waals surface area contributed by atoms with Gasteiger partial charge in [0.15, 0.2) is 5.43 Å². The SMILES string of the molecule is Cc1cc2c(=O)c(CN3CCCC3)cn(C(C)C)c2cc1C. The molecule has 2 heterocycles. The van der Waals surface area contributed by atoms with Crippen molar-refractivity contribution in [3.63, 3.8) is 0 Å². The maximum Gasteiger partial charge on any atom is 0.193 e. The summed E-state index contributed by atoms with van der Waals surface area (Å²) in [6, 6.07) is 4.58. The summed E-state index contributed by atoms with van der Waals surface area (Å²) in [5, 5.41) is 0.869. The molecule has 1 fully saturated rings. The van der Waals surface area contributed by atoms with Gasteiger partial charge >= 0.3 is 0 Å². The van der Waals surface area contributed by atoms with E-state index in [4.69, 9.17) is 0 Å². The Bertz CT molecular complexity index is 752. The largest absolute Gasteiger partial charge is 0.344 e. The van der Waals surface area contributed by atoms with Gasteiger partial charge in [-0.05, 0) is 76.9 Å². The number of hydrogen-bond donors (Lipinski definition) is 0. The zero-order valence-electron chi connectivity index (χ0n) is 14.1. The van der Waals surface area contributed by atoms with E-state index in [1.807, 2.05) is 0 Å². The van der Waals surface area contributed by atoms with Crippen LogP contribution in [0.1, 0.15) is 49.4 Å². The van der Waals surface area contributed by atoms with Gasteiger partial charge in [0.25, 0.3) is 0 Å². The fourth-order valence-electron chi connectivity index (χ4n) is 3.39. The molecule has 0 radical (unpaired) electrons. The Hall–Kier alpha value is -1.61. The van der Waals surface area contributed by atoms with Crippen LogP contribution in [0.3, 0.4) is 0 Å². The molecule has 0 unspecified atom stereocenters. The van der Waals surface area contributed by atoms with E-state index in [9.17, 15) is 4.79 Å². The van der Waals surface area contributed by atoms with Crippen molar-refractivity contribution < 1.29 is 0 Å². The molecular weight excluding hydrogens is 272 g/mol. The molecule has 3 nitrogen and oxygen atoms in total. The molecule has 1 aliphatic heterocycles. The van der Waals surface area contributed by atoms with E-state index in [1.54, 1.807) is 0 Å². The summed E-state index contributed by atoms with van der Waals surface area (Å²) in [7, 11) is 0. The first-order chi connectivity index (χ1) is 10.5. The molecule has 1 aromatic heterocycles. The third-order valence-electron chi connectivity index (χ3n) is 4.87. The summed E-state index contributed by atoms with van der Waals surface area (Å²) in [5.41, 5.74) is 4.65. The molecule has 1 aliphatic rings. The van der Waals surface area contributed by atoms with Gasteiger partial charge in [0.05, 0.1) is 5.52 Å². The lowest BCUT2D eigenvalue weighted by molar-refractivity contribution is 0.329. The van der Waals surface area contributed by atoms with Crippen molar-refractivity contribution in [1.82, 2.24) is 9.47 Å². The number of aromatic nitrogens is 1. The van der Waals surface area contributed by atoms with Crippen LogP contribution in [0.4, 0.5) is 0 Å². The van der Waals surface area contributed by atoms with Crippen LogP contribution >= 0.6 is 0 Å². The summed E-state index contributed by atoms with van der Waals surface area (Å²) in [6.07, 6.45) is 4.59. The minimum atomic E-state index is 0.210. The molecular formula is C19H26N2O. The van der Waals surface area contributed by atoms with E-state index in [0.717, 1.165) is 36.1 Å². The minimum absolute atomic E-state index is 0.210. The second kappa shape index (κ2) is 5.88. The van der Waals surface area contributed by atoms with Crippen molar-refractivity contribution in [1.29, 1.82) is 0 Å². The van der Waals surface area contributed by atoms with Gasteiger partial charge in [-0.2, -0.15) is 0 Å². The Balaban J connectivity index is 2.19. The molecule has 0 amide bonds. The lowest BCUT2D eigenvalue weighted by Crippen LogP contribution is -2.25. The van der Waals surface area contributed by atoms with Crippen LogP contribution in [0.5, 0.6) is 0 Å². The first-order valence-electron chi connectivity index (χ1n) is 8.34.